The zero-order chi connectivity index (χ0) is 7.84. The first-order chi connectivity index (χ1) is 5.27. The maximum absolute atomic E-state index is 12.8. The van der Waals surface area contributed by atoms with E-state index in [9.17, 15) is 8.78 Å². The standard InChI is InChI=1S/C7H4F2N2/c8-4-2-1-3-5-6(4)11-7(9)10-5/h1-3H,(H,10,11). The Balaban J connectivity index is 2.90. The number of hydrogen-bond acceptors (Lipinski definition) is 1. The maximum atomic E-state index is 12.8. The van der Waals surface area contributed by atoms with Crippen LogP contribution in [0.5, 0.6) is 0 Å². The SMILES string of the molecule is Fc1nc2c(F)cccc2[nH]1. The van der Waals surface area contributed by atoms with E-state index in [1.165, 1.54) is 12.1 Å². The van der Waals surface area contributed by atoms with Crippen LogP contribution in [0.25, 0.3) is 11.0 Å². The van der Waals surface area contributed by atoms with Crippen molar-refractivity contribution in [1.82, 2.24) is 9.97 Å². The number of aromatic nitrogens is 2. The summed E-state index contributed by atoms with van der Waals surface area (Å²) >= 11 is 0. The van der Waals surface area contributed by atoms with Crippen molar-refractivity contribution in [2.24, 2.45) is 0 Å². The molecule has 0 fully saturated rings. The molecule has 2 aromatic rings. The molecule has 0 aliphatic carbocycles. The smallest absolute Gasteiger partial charge is 0.287 e. The van der Waals surface area contributed by atoms with Crippen molar-refractivity contribution in [3.8, 4) is 0 Å². The zero-order valence-corrected chi connectivity index (χ0v) is 5.44. The molecule has 1 heterocycles. The topological polar surface area (TPSA) is 28.7 Å². The highest BCUT2D eigenvalue weighted by Crippen LogP contribution is 2.13. The molecular formula is C7H4F2N2. The molecule has 1 N–H and O–H groups in total. The van der Waals surface area contributed by atoms with Gasteiger partial charge in [-0.3, -0.25) is 0 Å². The number of nitrogens with one attached hydrogen (secondary N) is 1. The van der Waals surface area contributed by atoms with Crippen LogP contribution in [0.15, 0.2) is 18.2 Å². The molecule has 0 aliphatic rings. The summed E-state index contributed by atoms with van der Waals surface area (Å²) in [5.41, 5.74) is 0.424. The quantitative estimate of drug-likeness (QED) is 0.616. The molecule has 0 spiro atoms. The number of halogens is 2. The Labute approximate surface area is 60.9 Å². The molecule has 0 amide bonds. The minimum absolute atomic E-state index is 0.0463. The third-order valence-electron chi connectivity index (χ3n) is 1.43. The second-order valence-electron chi connectivity index (χ2n) is 2.16. The average Bonchev–Trinajstić information content (AvgIpc) is 2.31. The van der Waals surface area contributed by atoms with Gasteiger partial charge < -0.3 is 4.98 Å². The van der Waals surface area contributed by atoms with E-state index < -0.39 is 11.9 Å². The van der Waals surface area contributed by atoms with Gasteiger partial charge in [-0.15, -0.1) is 0 Å². The van der Waals surface area contributed by atoms with E-state index in [-0.39, 0.29) is 5.52 Å². The van der Waals surface area contributed by atoms with E-state index in [0.29, 0.717) is 5.52 Å². The summed E-state index contributed by atoms with van der Waals surface area (Å²) in [5.74, 6) is -0.511. The molecule has 1 aromatic carbocycles. The molecule has 0 atom stereocenters. The van der Waals surface area contributed by atoms with Crippen molar-refractivity contribution in [3.05, 3.63) is 30.1 Å². The lowest BCUT2D eigenvalue weighted by Crippen LogP contribution is -1.75. The maximum Gasteiger partial charge on any atom is 0.287 e. The predicted octanol–water partition coefficient (Wildman–Crippen LogP) is 1.84. The lowest BCUT2D eigenvalue weighted by Gasteiger charge is -1.86. The Morgan fingerprint density at radius 2 is 2.09 bits per heavy atom. The molecule has 0 bridgehead atoms. The predicted molar refractivity (Wildman–Crippen MR) is 36.0 cm³/mol. The highest BCUT2D eigenvalue weighted by Gasteiger charge is 2.04. The van der Waals surface area contributed by atoms with E-state index in [2.05, 4.69) is 9.97 Å². The number of imidazole rings is 1. The third-order valence-corrected chi connectivity index (χ3v) is 1.43. The second kappa shape index (κ2) is 2.02. The first-order valence-corrected chi connectivity index (χ1v) is 3.07. The molecule has 0 unspecified atom stereocenters. The lowest BCUT2D eigenvalue weighted by atomic mass is 10.3. The number of benzene rings is 1. The highest BCUT2D eigenvalue weighted by molar-refractivity contribution is 5.74. The molecule has 1 aromatic heterocycles. The Morgan fingerprint density at radius 3 is 2.82 bits per heavy atom. The fraction of sp³-hybridized carbons (Fsp3) is 0. The van der Waals surface area contributed by atoms with Crippen molar-refractivity contribution in [3.63, 3.8) is 0 Å². The summed E-state index contributed by atoms with van der Waals surface area (Å²) in [4.78, 5) is 5.60. The van der Waals surface area contributed by atoms with E-state index in [1.807, 2.05) is 0 Å². The third kappa shape index (κ3) is 0.869. The molecule has 0 saturated carbocycles. The molecule has 2 rings (SSSR count). The number of aromatic amines is 1. The minimum atomic E-state index is -0.759. The Hall–Kier alpha value is -1.45. The van der Waals surface area contributed by atoms with Crippen LogP contribution in [-0.4, -0.2) is 9.97 Å². The number of rotatable bonds is 0. The second-order valence-corrected chi connectivity index (χ2v) is 2.16. The van der Waals surface area contributed by atoms with Gasteiger partial charge in [0.05, 0.1) is 5.52 Å². The van der Waals surface area contributed by atoms with Gasteiger partial charge in [0.15, 0.2) is 5.82 Å². The van der Waals surface area contributed by atoms with Crippen LogP contribution in [0, 0.1) is 11.9 Å². The fourth-order valence-electron chi connectivity index (χ4n) is 0.967. The van der Waals surface area contributed by atoms with Crippen LogP contribution in [0.3, 0.4) is 0 Å². The van der Waals surface area contributed by atoms with Gasteiger partial charge in [-0.1, -0.05) is 6.07 Å². The van der Waals surface area contributed by atoms with E-state index in [4.69, 9.17) is 0 Å². The number of nitrogens with zero attached hydrogens (tertiary/aromatic N) is 1. The summed E-state index contributed by atoms with van der Waals surface area (Å²) in [6.45, 7) is 0. The summed E-state index contributed by atoms with van der Waals surface area (Å²) < 4.78 is 25.1. The van der Waals surface area contributed by atoms with Crippen LogP contribution in [0.1, 0.15) is 0 Å². The van der Waals surface area contributed by atoms with Gasteiger partial charge in [0, 0.05) is 0 Å². The summed E-state index contributed by atoms with van der Waals surface area (Å²) in [5, 5.41) is 0. The molecule has 2 nitrogen and oxygen atoms in total. The van der Waals surface area contributed by atoms with Crippen molar-refractivity contribution in [2.75, 3.05) is 0 Å². The lowest BCUT2D eigenvalue weighted by molar-refractivity contribution is 0.554. The van der Waals surface area contributed by atoms with Gasteiger partial charge in [0.25, 0.3) is 6.08 Å². The van der Waals surface area contributed by atoms with E-state index in [1.54, 1.807) is 6.07 Å². The molecule has 4 heteroatoms. The molecule has 0 radical (unpaired) electrons. The minimum Gasteiger partial charge on any atom is -0.314 e. The molecule has 56 valence electrons. The monoisotopic (exact) mass is 154 g/mol. The van der Waals surface area contributed by atoms with E-state index in [0.717, 1.165) is 0 Å². The van der Waals surface area contributed by atoms with Crippen LogP contribution in [0.2, 0.25) is 0 Å². The van der Waals surface area contributed by atoms with Crippen LogP contribution in [-0.2, 0) is 0 Å². The van der Waals surface area contributed by atoms with Crippen molar-refractivity contribution in [1.29, 1.82) is 0 Å². The van der Waals surface area contributed by atoms with Crippen LogP contribution in [0.4, 0.5) is 8.78 Å². The summed E-state index contributed by atoms with van der Waals surface area (Å²) in [7, 11) is 0. The van der Waals surface area contributed by atoms with Gasteiger partial charge in [-0.2, -0.15) is 9.37 Å². The molecule has 0 saturated heterocycles. The molecule has 0 aliphatic heterocycles. The summed E-state index contributed by atoms with van der Waals surface area (Å²) in [6.07, 6.45) is -0.759. The number of fused-ring (bicyclic) bond motifs is 1. The van der Waals surface area contributed by atoms with Gasteiger partial charge >= 0.3 is 0 Å². The van der Waals surface area contributed by atoms with Crippen molar-refractivity contribution in [2.45, 2.75) is 0 Å². The number of hydrogen-bond donors (Lipinski definition) is 1. The van der Waals surface area contributed by atoms with Crippen LogP contribution < -0.4 is 0 Å². The Kier molecular flexibility index (Phi) is 1.15. The number of para-hydroxylation sites is 1. The Morgan fingerprint density at radius 1 is 1.27 bits per heavy atom. The summed E-state index contributed by atoms with van der Waals surface area (Å²) in [6, 6.07) is 4.30. The fourth-order valence-corrected chi connectivity index (χ4v) is 0.967. The van der Waals surface area contributed by atoms with Gasteiger partial charge in [-0.25, -0.2) is 4.39 Å². The first-order valence-electron chi connectivity index (χ1n) is 3.07. The largest absolute Gasteiger partial charge is 0.314 e. The van der Waals surface area contributed by atoms with Gasteiger partial charge in [-0.05, 0) is 12.1 Å². The van der Waals surface area contributed by atoms with Gasteiger partial charge in [0.1, 0.15) is 5.52 Å². The van der Waals surface area contributed by atoms with Crippen LogP contribution >= 0.6 is 0 Å². The van der Waals surface area contributed by atoms with Crippen molar-refractivity contribution >= 4 is 11.0 Å². The number of H-pyrrole nitrogens is 1. The van der Waals surface area contributed by atoms with Gasteiger partial charge in [0.2, 0.25) is 0 Å². The normalized spacial score (nSPS) is 10.7. The average molecular weight is 154 g/mol. The molecular weight excluding hydrogens is 150 g/mol. The highest BCUT2D eigenvalue weighted by atomic mass is 19.1. The van der Waals surface area contributed by atoms with E-state index >= 15 is 0 Å². The Bertz CT molecular complexity index is 394. The first kappa shape index (κ1) is 6.27. The van der Waals surface area contributed by atoms with Crippen molar-refractivity contribution < 1.29 is 8.78 Å². The zero-order valence-electron chi connectivity index (χ0n) is 5.44. The molecule has 11 heavy (non-hydrogen) atoms.